The summed E-state index contributed by atoms with van der Waals surface area (Å²) in [6, 6.07) is 0.775. The third-order valence-electron chi connectivity index (χ3n) is 5.40. The third-order valence-corrected chi connectivity index (χ3v) is 5.40. The third kappa shape index (κ3) is 4.75. The average Bonchev–Trinajstić information content (AvgIpc) is 2.71. The van der Waals surface area contributed by atoms with Crippen molar-refractivity contribution < 1.29 is 0 Å². The van der Waals surface area contributed by atoms with Gasteiger partial charge in [0.25, 0.3) is 0 Å². The summed E-state index contributed by atoms with van der Waals surface area (Å²) in [5.41, 5.74) is 0. The van der Waals surface area contributed by atoms with Crippen LogP contribution in [0.1, 0.15) is 65.2 Å². The van der Waals surface area contributed by atoms with Gasteiger partial charge in [0.2, 0.25) is 0 Å². The minimum atomic E-state index is 0.775. The molecule has 1 unspecified atom stereocenters. The van der Waals surface area contributed by atoms with E-state index >= 15 is 0 Å². The van der Waals surface area contributed by atoms with Crippen LogP contribution in [0.2, 0.25) is 0 Å². The Kier molecular flexibility index (Phi) is 6.66. The van der Waals surface area contributed by atoms with Gasteiger partial charge in [-0.2, -0.15) is 0 Å². The van der Waals surface area contributed by atoms with Crippen LogP contribution in [0.3, 0.4) is 0 Å². The van der Waals surface area contributed by atoms with Crippen molar-refractivity contribution in [2.24, 2.45) is 11.8 Å². The molecule has 1 saturated heterocycles. The molecule has 0 bridgehead atoms. The molecular formula is C17H34N2. The van der Waals surface area contributed by atoms with E-state index in [1.165, 1.54) is 77.5 Å². The number of hydrogen-bond donors (Lipinski definition) is 1. The van der Waals surface area contributed by atoms with Crippen LogP contribution in [0.25, 0.3) is 0 Å². The quantitative estimate of drug-likeness (QED) is 0.817. The lowest BCUT2D eigenvalue weighted by molar-refractivity contribution is 0.182. The van der Waals surface area contributed by atoms with E-state index in [4.69, 9.17) is 0 Å². The minimum absolute atomic E-state index is 0.775. The zero-order valence-electron chi connectivity index (χ0n) is 13.2. The first-order chi connectivity index (χ1) is 9.33. The molecule has 2 rings (SSSR count). The molecule has 0 amide bonds. The molecule has 112 valence electrons. The fraction of sp³-hybridized carbons (Fsp3) is 1.00. The van der Waals surface area contributed by atoms with Gasteiger partial charge in [-0.25, -0.2) is 0 Å². The summed E-state index contributed by atoms with van der Waals surface area (Å²) in [7, 11) is 0. The van der Waals surface area contributed by atoms with Crippen LogP contribution in [0.5, 0.6) is 0 Å². The second kappa shape index (κ2) is 8.26. The number of nitrogens with zero attached hydrogens (tertiary/aromatic N) is 1. The molecule has 0 radical (unpaired) electrons. The molecule has 1 saturated carbocycles. The SMILES string of the molecule is CCC(CC)CN1CCCNC(C2CCCCC2)C1. The van der Waals surface area contributed by atoms with E-state index in [1.807, 2.05) is 0 Å². The van der Waals surface area contributed by atoms with Crippen molar-refractivity contribution in [3.63, 3.8) is 0 Å². The Morgan fingerprint density at radius 3 is 2.47 bits per heavy atom. The Labute approximate surface area is 120 Å². The van der Waals surface area contributed by atoms with Crippen molar-refractivity contribution >= 4 is 0 Å². The van der Waals surface area contributed by atoms with Crippen LogP contribution in [0, 0.1) is 11.8 Å². The smallest absolute Gasteiger partial charge is 0.0223 e. The number of nitrogens with one attached hydrogen (secondary N) is 1. The van der Waals surface area contributed by atoms with Gasteiger partial charge in [-0.1, -0.05) is 46.0 Å². The monoisotopic (exact) mass is 266 g/mol. The molecule has 0 aromatic heterocycles. The molecule has 19 heavy (non-hydrogen) atoms. The van der Waals surface area contributed by atoms with Gasteiger partial charge >= 0.3 is 0 Å². The first kappa shape index (κ1) is 15.3. The van der Waals surface area contributed by atoms with Gasteiger partial charge in [0.05, 0.1) is 0 Å². The Hall–Kier alpha value is -0.0800. The van der Waals surface area contributed by atoms with E-state index in [2.05, 4.69) is 24.1 Å². The summed E-state index contributed by atoms with van der Waals surface area (Å²) in [5, 5.41) is 3.85. The van der Waals surface area contributed by atoms with Gasteiger partial charge in [-0.15, -0.1) is 0 Å². The molecule has 0 aromatic rings. The molecule has 2 fully saturated rings. The molecule has 1 N–H and O–H groups in total. The summed E-state index contributed by atoms with van der Waals surface area (Å²) in [6.07, 6.45) is 11.4. The first-order valence-corrected chi connectivity index (χ1v) is 8.79. The van der Waals surface area contributed by atoms with Crippen LogP contribution >= 0.6 is 0 Å². The minimum Gasteiger partial charge on any atom is -0.312 e. The number of rotatable bonds is 5. The fourth-order valence-corrected chi connectivity index (χ4v) is 3.95. The average molecular weight is 266 g/mol. The Morgan fingerprint density at radius 1 is 1.05 bits per heavy atom. The highest BCUT2D eigenvalue weighted by molar-refractivity contribution is 4.85. The molecule has 1 atom stereocenters. The number of hydrogen-bond acceptors (Lipinski definition) is 2. The topological polar surface area (TPSA) is 15.3 Å². The van der Waals surface area contributed by atoms with Gasteiger partial charge in [0.1, 0.15) is 0 Å². The molecule has 2 nitrogen and oxygen atoms in total. The largest absolute Gasteiger partial charge is 0.312 e. The van der Waals surface area contributed by atoms with Crippen LogP contribution in [0.4, 0.5) is 0 Å². The van der Waals surface area contributed by atoms with Crippen molar-refractivity contribution in [1.29, 1.82) is 0 Å². The summed E-state index contributed by atoms with van der Waals surface area (Å²) in [6.45, 7) is 9.89. The van der Waals surface area contributed by atoms with Gasteiger partial charge in [0, 0.05) is 19.1 Å². The zero-order chi connectivity index (χ0) is 13.5. The maximum atomic E-state index is 3.85. The Morgan fingerprint density at radius 2 is 1.79 bits per heavy atom. The highest BCUT2D eigenvalue weighted by Crippen LogP contribution is 2.27. The lowest BCUT2D eigenvalue weighted by Crippen LogP contribution is -2.44. The van der Waals surface area contributed by atoms with E-state index in [9.17, 15) is 0 Å². The summed E-state index contributed by atoms with van der Waals surface area (Å²) >= 11 is 0. The lowest BCUT2D eigenvalue weighted by Gasteiger charge is -2.34. The first-order valence-electron chi connectivity index (χ1n) is 8.79. The van der Waals surface area contributed by atoms with Crippen LogP contribution in [-0.2, 0) is 0 Å². The predicted molar refractivity (Wildman–Crippen MR) is 83.5 cm³/mol. The maximum Gasteiger partial charge on any atom is 0.0223 e. The molecule has 1 aliphatic carbocycles. The second-order valence-corrected chi connectivity index (χ2v) is 6.75. The van der Waals surface area contributed by atoms with Gasteiger partial charge in [0.15, 0.2) is 0 Å². The predicted octanol–water partition coefficient (Wildman–Crippen LogP) is 3.67. The molecule has 1 heterocycles. The van der Waals surface area contributed by atoms with Crippen LogP contribution in [-0.4, -0.2) is 37.1 Å². The van der Waals surface area contributed by atoms with Crippen molar-refractivity contribution in [3.05, 3.63) is 0 Å². The Bertz CT molecular complexity index is 231. The standard InChI is InChI=1S/C17H34N2/c1-3-15(4-2)13-19-12-8-11-18-17(14-19)16-9-6-5-7-10-16/h15-18H,3-14H2,1-2H3. The van der Waals surface area contributed by atoms with Crippen molar-refractivity contribution in [1.82, 2.24) is 10.2 Å². The van der Waals surface area contributed by atoms with E-state index in [1.54, 1.807) is 0 Å². The highest BCUT2D eigenvalue weighted by Gasteiger charge is 2.27. The van der Waals surface area contributed by atoms with E-state index in [-0.39, 0.29) is 0 Å². The highest BCUT2D eigenvalue weighted by atomic mass is 15.2. The van der Waals surface area contributed by atoms with Crippen molar-refractivity contribution in [3.8, 4) is 0 Å². The maximum absolute atomic E-state index is 3.85. The molecule has 2 aliphatic rings. The van der Waals surface area contributed by atoms with Crippen LogP contribution < -0.4 is 5.32 Å². The molecule has 2 heteroatoms. The summed E-state index contributed by atoms with van der Waals surface area (Å²) in [5.74, 6) is 1.86. The van der Waals surface area contributed by atoms with Crippen LogP contribution in [0.15, 0.2) is 0 Å². The van der Waals surface area contributed by atoms with Crippen molar-refractivity contribution in [2.45, 2.75) is 71.3 Å². The van der Waals surface area contributed by atoms with Gasteiger partial charge in [-0.05, 0) is 44.2 Å². The molecular weight excluding hydrogens is 232 g/mol. The molecule has 0 aromatic carbocycles. The summed E-state index contributed by atoms with van der Waals surface area (Å²) in [4.78, 5) is 2.76. The van der Waals surface area contributed by atoms with Gasteiger partial charge in [-0.3, -0.25) is 0 Å². The lowest BCUT2D eigenvalue weighted by atomic mass is 9.83. The normalized spacial score (nSPS) is 27.6. The fourth-order valence-electron chi connectivity index (χ4n) is 3.95. The van der Waals surface area contributed by atoms with Crippen molar-refractivity contribution in [2.75, 3.05) is 26.2 Å². The van der Waals surface area contributed by atoms with E-state index in [0.717, 1.165) is 17.9 Å². The second-order valence-electron chi connectivity index (χ2n) is 6.75. The Balaban J connectivity index is 1.86. The summed E-state index contributed by atoms with van der Waals surface area (Å²) < 4.78 is 0. The van der Waals surface area contributed by atoms with E-state index in [0.29, 0.717) is 0 Å². The molecule has 1 aliphatic heterocycles. The van der Waals surface area contributed by atoms with Gasteiger partial charge < -0.3 is 10.2 Å². The molecule has 0 spiro atoms. The zero-order valence-corrected chi connectivity index (χ0v) is 13.2. The van der Waals surface area contributed by atoms with E-state index < -0.39 is 0 Å².